The van der Waals surface area contributed by atoms with Gasteiger partial charge in [-0.15, -0.1) is 0 Å². The van der Waals surface area contributed by atoms with E-state index in [-0.39, 0.29) is 24.0 Å². The van der Waals surface area contributed by atoms with Gasteiger partial charge in [0.25, 0.3) is 0 Å². The van der Waals surface area contributed by atoms with Gasteiger partial charge in [0.2, 0.25) is 11.8 Å². The molecule has 1 spiro atoms. The number of carbonyl (C=O) groups excluding carboxylic acids is 2. The molecule has 3 fully saturated rings. The van der Waals surface area contributed by atoms with Crippen molar-refractivity contribution in [1.82, 2.24) is 14.8 Å². The highest BCUT2D eigenvalue weighted by Gasteiger charge is 2.67. The third-order valence-electron chi connectivity index (χ3n) is 7.28. The molecular formula is C25H25N3O3. The second-order valence-corrected chi connectivity index (χ2v) is 9.06. The summed E-state index contributed by atoms with van der Waals surface area (Å²) in [5.41, 5.74) is 1.47. The number of hydrogen-bond acceptors (Lipinski definition) is 4. The molecule has 2 aromatic rings. The van der Waals surface area contributed by atoms with E-state index in [9.17, 15) is 9.59 Å². The van der Waals surface area contributed by atoms with Crippen molar-refractivity contribution in [2.24, 2.45) is 11.8 Å². The predicted molar refractivity (Wildman–Crippen MR) is 114 cm³/mol. The quantitative estimate of drug-likeness (QED) is 0.721. The van der Waals surface area contributed by atoms with Crippen molar-refractivity contribution < 1.29 is 14.3 Å². The lowest BCUT2D eigenvalue weighted by Crippen LogP contribution is -2.45. The van der Waals surface area contributed by atoms with Gasteiger partial charge in [-0.05, 0) is 30.0 Å². The van der Waals surface area contributed by atoms with Gasteiger partial charge < -0.3 is 14.5 Å². The van der Waals surface area contributed by atoms with E-state index < -0.39 is 17.4 Å². The van der Waals surface area contributed by atoms with Crippen molar-refractivity contribution in [1.29, 1.82) is 0 Å². The first-order chi connectivity index (χ1) is 15.2. The highest BCUT2D eigenvalue weighted by Crippen LogP contribution is 2.53. The summed E-state index contributed by atoms with van der Waals surface area (Å²) in [4.78, 5) is 35.3. The summed E-state index contributed by atoms with van der Waals surface area (Å²) in [6.45, 7) is 1.72. The van der Waals surface area contributed by atoms with Crippen LogP contribution >= 0.6 is 0 Å². The minimum Gasteiger partial charge on any atom is -0.360 e. The standard InChI is InChI=1S/C25H25N3O3/c29-23(28-13-5-9-19(28)18-7-2-1-3-8-18)21-20-10-11-25(31-20)16-27(24(30)22(21)25)15-17-6-4-12-26-14-17/h1-4,6-8,10-12,14,19-22H,5,9,13,15-16H2/t19-,20-,21+,22-,25-/m0/s1. The Morgan fingerprint density at radius 2 is 2.06 bits per heavy atom. The molecule has 2 bridgehead atoms. The van der Waals surface area contributed by atoms with E-state index in [2.05, 4.69) is 17.1 Å². The van der Waals surface area contributed by atoms with Crippen molar-refractivity contribution in [3.05, 3.63) is 78.1 Å². The number of aromatic nitrogens is 1. The molecule has 6 heteroatoms. The molecule has 0 unspecified atom stereocenters. The maximum Gasteiger partial charge on any atom is 0.230 e. The third-order valence-corrected chi connectivity index (χ3v) is 7.28. The van der Waals surface area contributed by atoms with E-state index in [1.54, 1.807) is 12.4 Å². The Labute approximate surface area is 181 Å². The first-order valence-corrected chi connectivity index (χ1v) is 11.1. The molecular weight excluding hydrogens is 390 g/mol. The molecule has 3 saturated heterocycles. The summed E-state index contributed by atoms with van der Waals surface area (Å²) in [5, 5.41) is 0. The molecule has 5 atom stereocenters. The molecule has 5 heterocycles. The molecule has 2 amide bonds. The second-order valence-electron chi connectivity index (χ2n) is 9.06. The number of rotatable bonds is 4. The van der Waals surface area contributed by atoms with Crippen molar-refractivity contribution in [3.8, 4) is 0 Å². The molecule has 0 N–H and O–H groups in total. The van der Waals surface area contributed by atoms with Gasteiger partial charge in [0, 0.05) is 25.5 Å². The smallest absolute Gasteiger partial charge is 0.230 e. The first kappa shape index (κ1) is 18.8. The molecule has 4 aliphatic heterocycles. The molecule has 4 aliphatic rings. The van der Waals surface area contributed by atoms with Crippen LogP contribution in [0.4, 0.5) is 0 Å². The van der Waals surface area contributed by atoms with Crippen LogP contribution in [0.25, 0.3) is 0 Å². The summed E-state index contributed by atoms with van der Waals surface area (Å²) in [6.07, 6.45) is 9.16. The summed E-state index contributed by atoms with van der Waals surface area (Å²) in [7, 11) is 0. The van der Waals surface area contributed by atoms with E-state index in [1.165, 1.54) is 5.56 Å². The van der Waals surface area contributed by atoms with Crippen LogP contribution in [-0.2, 0) is 20.9 Å². The van der Waals surface area contributed by atoms with Crippen LogP contribution in [0.5, 0.6) is 0 Å². The molecule has 1 aromatic carbocycles. The van der Waals surface area contributed by atoms with Crippen LogP contribution in [0.15, 0.2) is 67.0 Å². The van der Waals surface area contributed by atoms with Gasteiger partial charge >= 0.3 is 0 Å². The van der Waals surface area contributed by atoms with Crippen molar-refractivity contribution in [2.45, 2.75) is 37.1 Å². The minimum absolute atomic E-state index is 0.0181. The van der Waals surface area contributed by atoms with E-state index in [0.717, 1.165) is 24.9 Å². The maximum atomic E-state index is 13.8. The van der Waals surface area contributed by atoms with Gasteiger partial charge in [0.05, 0.1) is 30.5 Å². The van der Waals surface area contributed by atoms with Crippen LogP contribution < -0.4 is 0 Å². The normalized spacial score (nSPS) is 33.4. The Morgan fingerprint density at radius 1 is 1.19 bits per heavy atom. The summed E-state index contributed by atoms with van der Waals surface area (Å²) in [5.74, 6) is -0.807. The molecule has 31 heavy (non-hydrogen) atoms. The Bertz CT molecular complexity index is 1040. The Kier molecular flexibility index (Phi) is 4.25. The minimum atomic E-state index is -0.674. The molecule has 0 radical (unpaired) electrons. The largest absolute Gasteiger partial charge is 0.360 e. The summed E-state index contributed by atoms with van der Waals surface area (Å²) in [6, 6.07) is 14.1. The Morgan fingerprint density at radius 3 is 2.87 bits per heavy atom. The van der Waals surface area contributed by atoms with Crippen molar-refractivity contribution in [3.63, 3.8) is 0 Å². The fourth-order valence-electron chi connectivity index (χ4n) is 5.95. The zero-order valence-corrected chi connectivity index (χ0v) is 17.3. The van der Waals surface area contributed by atoms with Gasteiger partial charge in [-0.3, -0.25) is 14.6 Å². The SMILES string of the molecule is O=C1[C@@H]2[C@H](C(=O)N3CCC[C@H]3c3ccccc3)[C@@H]3C=C[C@@]2(CN1Cc1cccnc1)O3. The van der Waals surface area contributed by atoms with E-state index in [0.29, 0.717) is 13.1 Å². The number of hydrogen-bond donors (Lipinski definition) is 0. The maximum absolute atomic E-state index is 13.8. The van der Waals surface area contributed by atoms with Gasteiger partial charge in [-0.25, -0.2) is 0 Å². The molecule has 0 saturated carbocycles. The number of nitrogens with zero attached hydrogens (tertiary/aromatic N) is 3. The Balaban J connectivity index is 1.27. The van der Waals surface area contributed by atoms with Crippen LogP contribution in [-0.4, -0.2) is 51.4 Å². The van der Waals surface area contributed by atoms with E-state index in [4.69, 9.17) is 4.74 Å². The van der Waals surface area contributed by atoms with Gasteiger partial charge in [0.1, 0.15) is 5.60 Å². The second kappa shape index (κ2) is 7.02. The van der Waals surface area contributed by atoms with Crippen molar-refractivity contribution >= 4 is 11.8 Å². The van der Waals surface area contributed by atoms with Gasteiger partial charge in [-0.2, -0.15) is 0 Å². The van der Waals surface area contributed by atoms with Crippen LogP contribution in [0.2, 0.25) is 0 Å². The van der Waals surface area contributed by atoms with Crippen molar-refractivity contribution in [2.75, 3.05) is 13.1 Å². The molecule has 6 nitrogen and oxygen atoms in total. The lowest BCUT2D eigenvalue weighted by Gasteiger charge is -2.31. The fraction of sp³-hybridized carbons (Fsp3) is 0.400. The average Bonchev–Trinajstić information content (AvgIpc) is 3.56. The van der Waals surface area contributed by atoms with E-state index in [1.807, 2.05) is 52.3 Å². The number of amides is 2. The molecule has 0 aliphatic carbocycles. The number of pyridine rings is 1. The molecule has 1 aromatic heterocycles. The molecule has 158 valence electrons. The zero-order chi connectivity index (χ0) is 21.0. The lowest BCUT2D eigenvalue weighted by atomic mass is 9.76. The van der Waals surface area contributed by atoms with Crippen LogP contribution in [0.1, 0.15) is 30.0 Å². The number of likely N-dealkylation sites (tertiary alicyclic amines) is 2. The topological polar surface area (TPSA) is 62.7 Å². The first-order valence-electron chi connectivity index (χ1n) is 11.1. The number of ether oxygens (including phenoxy) is 1. The fourth-order valence-corrected chi connectivity index (χ4v) is 5.95. The number of fused-ring (bicyclic) bond motifs is 1. The van der Waals surface area contributed by atoms with Gasteiger partial charge in [-0.1, -0.05) is 48.6 Å². The lowest BCUT2D eigenvalue weighted by molar-refractivity contribution is -0.144. The summed E-state index contributed by atoms with van der Waals surface area (Å²) < 4.78 is 6.32. The number of carbonyl (C=O) groups is 2. The number of benzene rings is 1. The predicted octanol–water partition coefficient (Wildman–Crippen LogP) is 2.73. The summed E-state index contributed by atoms with van der Waals surface area (Å²) >= 11 is 0. The van der Waals surface area contributed by atoms with E-state index >= 15 is 0 Å². The highest BCUT2D eigenvalue weighted by atomic mass is 16.5. The highest BCUT2D eigenvalue weighted by molar-refractivity contribution is 5.93. The molecule has 6 rings (SSSR count). The average molecular weight is 415 g/mol. The monoisotopic (exact) mass is 415 g/mol. The Hall–Kier alpha value is -2.99. The van der Waals surface area contributed by atoms with Crippen LogP contribution in [0, 0.1) is 11.8 Å². The zero-order valence-electron chi connectivity index (χ0n) is 17.3. The van der Waals surface area contributed by atoms with Gasteiger partial charge in [0.15, 0.2) is 0 Å². The van der Waals surface area contributed by atoms with Crippen LogP contribution in [0.3, 0.4) is 0 Å². The third kappa shape index (κ3) is 2.85.